The highest BCUT2D eigenvalue weighted by molar-refractivity contribution is 5.76. The molecule has 0 bridgehead atoms. The molecular formula is C10H14N2O. The molecule has 0 radical (unpaired) electrons. The summed E-state index contributed by atoms with van der Waals surface area (Å²) in [4.78, 5) is 0. The number of nitrogens with two attached hydrogens (primary N) is 1. The minimum atomic E-state index is 0.159. The Hall–Kier alpha value is -1.51. The van der Waals surface area contributed by atoms with E-state index in [1.54, 1.807) is 0 Å². The summed E-state index contributed by atoms with van der Waals surface area (Å²) in [5, 5.41) is 6.99. The normalized spacial score (nSPS) is 9.62. The number of rotatable bonds is 4. The monoisotopic (exact) mass is 178 g/mol. The number of nitrogens with one attached hydrogen (secondary N) is 1. The van der Waals surface area contributed by atoms with Crippen LogP contribution in [-0.2, 0) is 0 Å². The third-order valence-corrected chi connectivity index (χ3v) is 1.66. The molecule has 1 rings (SSSR count). The molecule has 0 saturated heterocycles. The van der Waals surface area contributed by atoms with Crippen LogP contribution in [0.3, 0.4) is 0 Å². The highest BCUT2D eigenvalue weighted by atomic mass is 16.5. The molecule has 0 unspecified atom stereocenters. The van der Waals surface area contributed by atoms with Crippen LogP contribution in [0.1, 0.15) is 12.0 Å². The van der Waals surface area contributed by atoms with Crippen LogP contribution in [0.15, 0.2) is 24.3 Å². The zero-order valence-electron chi connectivity index (χ0n) is 7.71. The largest absolute Gasteiger partial charge is 0.493 e. The Balaban J connectivity index is 2.37. The molecule has 0 aromatic heterocycles. The molecule has 0 saturated carbocycles. The van der Waals surface area contributed by atoms with Crippen molar-refractivity contribution in [3.05, 3.63) is 29.8 Å². The summed E-state index contributed by atoms with van der Waals surface area (Å²) in [7, 11) is 0. The van der Waals surface area contributed by atoms with E-state index in [9.17, 15) is 0 Å². The van der Waals surface area contributed by atoms with E-state index in [0.717, 1.165) is 5.75 Å². The second-order valence-corrected chi connectivity index (χ2v) is 2.94. The third kappa shape index (κ3) is 3.60. The van der Waals surface area contributed by atoms with Crippen molar-refractivity contribution in [1.82, 2.24) is 0 Å². The van der Waals surface area contributed by atoms with Gasteiger partial charge >= 0.3 is 0 Å². The van der Waals surface area contributed by atoms with Gasteiger partial charge in [-0.3, -0.25) is 5.41 Å². The number of hydrogen-bond donors (Lipinski definition) is 2. The Morgan fingerprint density at radius 2 is 2.00 bits per heavy atom. The minimum absolute atomic E-state index is 0.159. The molecule has 1 aromatic rings. The van der Waals surface area contributed by atoms with Gasteiger partial charge in [0.1, 0.15) is 5.75 Å². The van der Waals surface area contributed by atoms with Gasteiger partial charge in [-0.2, -0.15) is 0 Å². The van der Waals surface area contributed by atoms with Crippen molar-refractivity contribution in [3.8, 4) is 5.75 Å². The van der Waals surface area contributed by atoms with Gasteiger partial charge in [-0.15, -0.1) is 0 Å². The summed E-state index contributed by atoms with van der Waals surface area (Å²) in [5.41, 5.74) is 6.39. The Morgan fingerprint density at radius 3 is 2.54 bits per heavy atom. The van der Waals surface area contributed by atoms with E-state index < -0.39 is 0 Å². The summed E-state index contributed by atoms with van der Waals surface area (Å²) < 4.78 is 5.35. The van der Waals surface area contributed by atoms with Crippen molar-refractivity contribution in [3.63, 3.8) is 0 Å². The zero-order valence-corrected chi connectivity index (χ0v) is 7.71. The van der Waals surface area contributed by atoms with E-state index in [2.05, 4.69) is 0 Å². The second-order valence-electron chi connectivity index (χ2n) is 2.94. The second kappa shape index (κ2) is 4.50. The van der Waals surface area contributed by atoms with Crippen LogP contribution in [0.2, 0.25) is 0 Å². The summed E-state index contributed by atoms with van der Waals surface area (Å²) >= 11 is 0. The van der Waals surface area contributed by atoms with Gasteiger partial charge < -0.3 is 10.5 Å². The topological polar surface area (TPSA) is 59.1 Å². The Morgan fingerprint density at radius 1 is 1.38 bits per heavy atom. The van der Waals surface area contributed by atoms with Crippen molar-refractivity contribution in [2.24, 2.45) is 5.73 Å². The Labute approximate surface area is 78.0 Å². The molecule has 70 valence electrons. The molecule has 0 fully saturated rings. The molecule has 0 atom stereocenters. The van der Waals surface area contributed by atoms with Crippen LogP contribution >= 0.6 is 0 Å². The Bertz CT molecular complexity index is 279. The van der Waals surface area contributed by atoms with E-state index in [1.807, 2.05) is 31.2 Å². The molecule has 0 aliphatic heterocycles. The number of amidine groups is 1. The molecule has 0 aliphatic rings. The van der Waals surface area contributed by atoms with Gasteiger partial charge in [0.2, 0.25) is 0 Å². The van der Waals surface area contributed by atoms with Crippen molar-refractivity contribution >= 4 is 5.84 Å². The molecule has 1 aromatic carbocycles. The molecular weight excluding hydrogens is 164 g/mol. The predicted molar refractivity (Wildman–Crippen MR) is 53.2 cm³/mol. The number of ether oxygens (including phenoxy) is 1. The summed E-state index contributed by atoms with van der Waals surface area (Å²) in [6.07, 6.45) is 0.480. The molecule has 0 aliphatic carbocycles. The average Bonchev–Trinajstić information content (AvgIpc) is 2.08. The molecule has 0 spiro atoms. The molecule has 0 amide bonds. The lowest BCUT2D eigenvalue weighted by Gasteiger charge is -2.04. The van der Waals surface area contributed by atoms with Crippen LogP contribution in [0.5, 0.6) is 5.75 Å². The maximum Gasteiger partial charge on any atom is 0.119 e. The van der Waals surface area contributed by atoms with E-state index in [1.165, 1.54) is 5.56 Å². The first-order valence-electron chi connectivity index (χ1n) is 4.21. The van der Waals surface area contributed by atoms with E-state index >= 15 is 0 Å². The maximum absolute atomic E-state index is 6.99. The van der Waals surface area contributed by atoms with Gasteiger partial charge in [0.15, 0.2) is 0 Å². The summed E-state index contributed by atoms with van der Waals surface area (Å²) in [6.45, 7) is 2.50. The van der Waals surface area contributed by atoms with Crippen molar-refractivity contribution < 1.29 is 4.74 Å². The van der Waals surface area contributed by atoms with Gasteiger partial charge in [-0.05, 0) is 19.1 Å². The molecule has 3 heteroatoms. The highest BCUT2D eigenvalue weighted by Crippen LogP contribution is 2.11. The third-order valence-electron chi connectivity index (χ3n) is 1.66. The van der Waals surface area contributed by atoms with Gasteiger partial charge in [-0.25, -0.2) is 0 Å². The fraction of sp³-hybridized carbons (Fsp3) is 0.300. The van der Waals surface area contributed by atoms with Crippen molar-refractivity contribution in [1.29, 1.82) is 5.41 Å². The molecule has 3 N–H and O–H groups in total. The molecule has 13 heavy (non-hydrogen) atoms. The zero-order chi connectivity index (χ0) is 9.68. The van der Waals surface area contributed by atoms with Crippen LogP contribution in [0.4, 0.5) is 0 Å². The first-order valence-corrected chi connectivity index (χ1v) is 4.21. The minimum Gasteiger partial charge on any atom is -0.493 e. The lowest BCUT2D eigenvalue weighted by molar-refractivity contribution is 0.328. The maximum atomic E-state index is 6.99. The standard InChI is InChI=1S/C10H14N2O/c1-8-2-4-9(5-3-8)13-7-6-10(11)12/h2-5H,6-7H2,1H3,(H3,11,12). The van der Waals surface area contributed by atoms with Crippen LogP contribution in [0.25, 0.3) is 0 Å². The quantitative estimate of drug-likeness (QED) is 0.544. The molecule has 0 heterocycles. The lowest BCUT2D eigenvalue weighted by Crippen LogP contribution is -2.13. The average molecular weight is 178 g/mol. The summed E-state index contributed by atoms with van der Waals surface area (Å²) in [6, 6.07) is 7.80. The van der Waals surface area contributed by atoms with Gasteiger partial charge in [-0.1, -0.05) is 17.7 Å². The van der Waals surface area contributed by atoms with Crippen LogP contribution in [0, 0.1) is 12.3 Å². The van der Waals surface area contributed by atoms with E-state index in [4.69, 9.17) is 15.9 Å². The van der Waals surface area contributed by atoms with Crippen LogP contribution in [-0.4, -0.2) is 12.4 Å². The Kier molecular flexibility index (Phi) is 3.31. The van der Waals surface area contributed by atoms with E-state index in [-0.39, 0.29) is 5.84 Å². The fourth-order valence-corrected chi connectivity index (χ4v) is 0.913. The van der Waals surface area contributed by atoms with E-state index in [0.29, 0.717) is 13.0 Å². The van der Waals surface area contributed by atoms with Gasteiger partial charge in [0, 0.05) is 6.42 Å². The number of benzene rings is 1. The highest BCUT2D eigenvalue weighted by Gasteiger charge is 1.93. The van der Waals surface area contributed by atoms with Crippen LogP contribution < -0.4 is 10.5 Å². The fourth-order valence-electron chi connectivity index (χ4n) is 0.913. The van der Waals surface area contributed by atoms with Crippen molar-refractivity contribution in [2.45, 2.75) is 13.3 Å². The first-order chi connectivity index (χ1) is 6.18. The number of aryl methyl sites for hydroxylation is 1. The van der Waals surface area contributed by atoms with Gasteiger partial charge in [0.25, 0.3) is 0 Å². The van der Waals surface area contributed by atoms with Crippen molar-refractivity contribution in [2.75, 3.05) is 6.61 Å². The summed E-state index contributed by atoms with van der Waals surface area (Å²) in [5.74, 6) is 0.985. The molecule has 3 nitrogen and oxygen atoms in total. The SMILES string of the molecule is Cc1ccc(OCCC(=N)N)cc1. The first kappa shape index (κ1) is 9.58. The predicted octanol–water partition coefficient (Wildman–Crippen LogP) is 1.70. The smallest absolute Gasteiger partial charge is 0.119 e. The van der Waals surface area contributed by atoms with Gasteiger partial charge in [0.05, 0.1) is 12.4 Å². The number of hydrogen-bond acceptors (Lipinski definition) is 2. The lowest BCUT2D eigenvalue weighted by atomic mass is 10.2.